The van der Waals surface area contributed by atoms with Crippen LogP contribution in [0.25, 0.3) is 0 Å². The van der Waals surface area contributed by atoms with Gasteiger partial charge in [0.25, 0.3) is 0 Å². The summed E-state index contributed by atoms with van der Waals surface area (Å²) in [4.78, 5) is 27.9. The lowest BCUT2D eigenvalue weighted by atomic mass is 10.0. The van der Waals surface area contributed by atoms with Crippen molar-refractivity contribution in [3.05, 3.63) is 52.2 Å². The zero-order valence-corrected chi connectivity index (χ0v) is 15.6. The lowest BCUT2D eigenvalue weighted by molar-refractivity contribution is -0.123. The summed E-state index contributed by atoms with van der Waals surface area (Å²) in [5.41, 5.74) is 1.96. The van der Waals surface area contributed by atoms with Crippen LogP contribution < -0.4 is 10.6 Å². The molecule has 2 N–H and O–H groups in total. The Hall–Kier alpha value is -2.34. The van der Waals surface area contributed by atoms with E-state index in [1.807, 2.05) is 53.6 Å². The predicted octanol–water partition coefficient (Wildman–Crippen LogP) is 3.62. The molecule has 0 radical (unpaired) electrons. The average molecular weight is 369 g/mol. The molecule has 1 aliphatic carbocycles. The number of hydrogen-bond acceptors (Lipinski definition) is 3. The van der Waals surface area contributed by atoms with Crippen LogP contribution in [0, 0.1) is 18.3 Å². The summed E-state index contributed by atoms with van der Waals surface area (Å²) < 4.78 is 0. The van der Waals surface area contributed by atoms with Crippen molar-refractivity contribution < 1.29 is 9.59 Å². The minimum Gasteiger partial charge on any atom is -0.351 e. The quantitative estimate of drug-likeness (QED) is 0.865. The van der Waals surface area contributed by atoms with Gasteiger partial charge in [-0.1, -0.05) is 23.8 Å². The maximum Gasteiger partial charge on any atom is 0.321 e. The Morgan fingerprint density at radius 2 is 2.08 bits per heavy atom. The average Bonchev–Trinajstić information content (AvgIpc) is 2.99. The highest BCUT2D eigenvalue weighted by Crippen LogP contribution is 2.58. The largest absolute Gasteiger partial charge is 0.351 e. The van der Waals surface area contributed by atoms with Crippen molar-refractivity contribution in [1.29, 1.82) is 0 Å². The second-order valence-electron chi connectivity index (χ2n) is 7.38. The third kappa shape index (κ3) is 3.46. The van der Waals surface area contributed by atoms with E-state index in [1.54, 1.807) is 11.3 Å². The lowest BCUT2D eigenvalue weighted by Crippen LogP contribution is -2.34. The van der Waals surface area contributed by atoms with Gasteiger partial charge in [-0.25, -0.2) is 4.79 Å². The lowest BCUT2D eigenvalue weighted by Gasteiger charge is -2.17. The van der Waals surface area contributed by atoms with Gasteiger partial charge in [-0.05, 0) is 43.3 Å². The van der Waals surface area contributed by atoms with Gasteiger partial charge in [0.1, 0.15) is 0 Å². The Labute approximate surface area is 157 Å². The van der Waals surface area contributed by atoms with Crippen LogP contribution in [0.2, 0.25) is 0 Å². The van der Waals surface area contributed by atoms with Gasteiger partial charge >= 0.3 is 6.03 Å². The highest BCUT2D eigenvalue weighted by Gasteiger charge is 2.61. The minimum absolute atomic E-state index is 0.00977. The number of nitrogens with one attached hydrogen (secondary N) is 2. The topological polar surface area (TPSA) is 61.4 Å². The van der Waals surface area contributed by atoms with Crippen molar-refractivity contribution in [2.45, 2.75) is 26.3 Å². The molecule has 0 bridgehead atoms. The highest BCUT2D eigenvalue weighted by molar-refractivity contribution is 7.09. The fourth-order valence-corrected chi connectivity index (χ4v) is 4.43. The van der Waals surface area contributed by atoms with E-state index < -0.39 is 0 Å². The molecule has 26 heavy (non-hydrogen) atoms. The number of aryl methyl sites for hydroxylation is 1. The number of rotatable bonds is 4. The molecule has 2 atom stereocenters. The number of carbonyl (C=O) groups is 2. The number of likely N-dealkylation sites (tertiary alicyclic amines) is 1. The van der Waals surface area contributed by atoms with Crippen molar-refractivity contribution in [2.75, 3.05) is 18.4 Å². The molecule has 1 spiro atoms. The second kappa shape index (κ2) is 6.76. The maximum atomic E-state index is 12.5. The second-order valence-corrected chi connectivity index (χ2v) is 8.42. The molecule has 6 heteroatoms. The molecule has 3 amide bonds. The molecular weight excluding hydrogens is 346 g/mol. The summed E-state index contributed by atoms with van der Waals surface area (Å²) >= 11 is 1.65. The molecule has 1 aromatic carbocycles. The molecule has 2 aliphatic rings. The molecule has 4 rings (SSSR count). The van der Waals surface area contributed by atoms with Crippen LogP contribution in [0.1, 0.15) is 23.3 Å². The molecule has 2 aromatic rings. The Morgan fingerprint density at radius 3 is 2.81 bits per heavy atom. The molecule has 1 aliphatic heterocycles. The Bertz CT molecular complexity index is 803. The standard InChI is InChI=1S/C20H23N3O2S/c1-14-4-6-15(7-5-14)22-19(25)23-9-8-20(13-23)11-17(20)18(24)21-12-16-3-2-10-26-16/h2-7,10,17H,8-9,11-13H2,1H3,(H,21,24)(H,22,25)/t17-,20+/m1/s1. The van der Waals surface area contributed by atoms with Crippen LogP contribution in [0.5, 0.6) is 0 Å². The first-order valence-electron chi connectivity index (χ1n) is 8.98. The van der Waals surface area contributed by atoms with Crippen LogP contribution in [0.15, 0.2) is 41.8 Å². The van der Waals surface area contributed by atoms with E-state index in [0.29, 0.717) is 19.6 Å². The van der Waals surface area contributed by atoms with Crippen molar-refractivity contribution in [3.63, 3.8) is 0 Å². The number of carbonyl (C=O) groups excluding carboxylic acids is 2. The smallest absolute Gasteiger partial charge is 0.321 e. The van der Waals surface area contributed by atoms with E-state index in [-0.39, 0.29) is 23.3 Å². The molecule has 1 saturated heterocycles. The van der Waals surface area contributed by atoms with Gasteiger partial charge in [0.15, 0.2) is 0 Å². The van der Waals surface area contributed by atoms with Crippen LogP contribution in [-0.4, -0.2) is 29.9 Å². The van der Waals surface area contributed by atoms with Crippen LogP contribution >= 0.6 is 11.3 Å². The molecule has 2 heterocycles. The highest BCUT2D eigenvalue weighted by atomic mass is 32.1. The van der Waals surface area contributed by atoms with E-state index >= 15 is 0 Å². The van der Waals surface area contributed by atoms with Gasteiger partial charge in [-0.3, -0.25) is 4.79 Å². The predicted molar refractivity (Wildman–Crippen MR) is 103 cm³/mol. The zero-order chi connectivity index (χ0) is 18.1. The van der Waals surface area contributed by atoms with Gasteiger partial charge in [0.05, 0.1) is 6.54 Å². The van der Waals surface area contributed by atoms with Crippen molar-refractivity contribution in [3.8, 4) is 0 Å². The number of nitrogens with zero attached hydrogens (tertiary/aromatic N) is 1. The normalized spacial score (nSPS) is 23.9. The number of benzene rings is 1. The summed E-state index contributed by atoms with van der Waals surface area (Å²) in [6, 6.07) is 11.7. The summed E-state index contributed by atoms with van der Waals surface area (Å²) in [5, 5.41) is 8.01. The van der Waals surface area contributed by atoms with Crippen molar-refractivity contribution in [2.24, 2.45) is 11.3 Å². The SMILES string of the molecule is Cc1ccc(NC(=O)N2CC[C@]3(C[C@@H]3C(=O)NCc3cccs3)C2)cc1. The number of urea groups is 1. The maximum absolute atomic E-state index is 12.5. The number of anilines is 1. The zero-order valence-electron chi connectivity index (χ0n) is 14.8. The van der Waals surface area contributed by atoms with Crippen LogP contribution in [-0.2, 0) is 11.3 Å². The molecule has 1 aromatic heterocycles. The Balaban J connectivity index is 1.29. The van der Waals surface area contributed by atoms with Gasteiger partial charge in [0, 0.05) is 35.0 Å². The van der Waals surface area contributed by atoms with E-state index in [4.69, 9.17) is 0 Å². The van der Waals surface area contributed by atoms with Gasteiger partial charge in [-0.15, -0.1) is 11.3 Å². The first kappa shape index (κ1) is 17.1. The van der Waals surface area contributed by atoms with Gasteiger partial charge in [-0.2, -0.15) is 0 Å². The third-order valence-electron chi connectivity index (χ3n) is 5.50. The molecular formula is C20H23N3O2S. The molecule has 136 valence electrons. The first-order chi connectivity index (χ1) is 12.6. The van der Waals surface area contributed by atoms with Crippen LogP contribution in [0.3, 0.4) is 0 Å². The summed E-state index contributed by atoms with van der Waals surface area (Å²) in [6.45, 7) is 4.00. The summed E-state index contributed by atoms with van der Waals surface area (Å²) in [7, 11) is 0. The minimum atomic E-state index is -0.0737. The first-order valence-corrected chi connectivity index (χ1v) is 9.86. The number of hydrogen-bond donors (Lipinski definition) is 2. The monoisotopic (exact) mass is 369 g/mol. The Morgan fingerprint density at radius 1 is 1.27 bits per heavy atom. The van der Waals surface area contributed by atoms with Gasteiger partial charge in [0.2, 0.25) is 5.91 Å². The summed E-state index contributed by atoms with van der Waals surface area (Å²) in [6.07, 6.45) is 1.79. The molecule has 2 fully saturated rings. The van der Waals surface area contributed by atoms with E-state index in [2.05, 4.69) is 10.6 Å². The number of amides is 3. The van der Waals surface area contributed by atoms with Gasteiger partial charge < -0.3 is 15.5 Å². The number of thiophene rings is 1. The fourth-order valence-electron chi connectivity index (χ4n) is 3.79. The Kier molecular flexibility index (Phi) is 4.44. The molecule has 1 saturated carbocycles. The molecule has 0 unspecified atom stereocenters. The van der Waals surface area contributed by atoms with E-state index in [0.717, 1.165) is 24.1 Å². The van der Waals surface area contributed by atoms with Crippen LogP contribution in [0.4, 0.5) is 10.5 Å². The van der Waals surface area contributed by atoms with E-state index in [9.17, 15) is 9.59 Å². The molecule has 5 nitrogen and oxygen atoms in total. The fraction of sp³-hybridized carbons (Fsp3) is 0.400. The van der Waals surface area contributed by atoms with Crippen molar-refractivity contribution >= 4 is 29.0 Å². The van der Waals surface area contributed by atoms with Crippen molar-refractivity contribution in [1.82, 2.24) is 10.2 Å². The summed E-state index contributed by atoms with van der Waals surface area (Å²) in [5.74, 6) is 0.166. The van der Waals surface area contributed by atoms with E-state index in [1.165, 1.54) is 4.88 Å². The third-order valence-corrected chi connectivity index (χ3v) is 6.37.